The maximum Gasteiger partial charge on any atom is 0.0648 e. The fourth-order valence-electron chi connectivity index (χ4n) is 3.82. The summed E-state index contributed by atoms with van der Waals surface area (Å²) in [5, 5.41) is 25.2. The van der Waals surface area contributed by atoms with Gasteiger partial charge in [0.15, 0.2) is 0 Å². The Morgan fingerprint density at radius 3 is 2.04 bits per heavy atom. The number of rotatable bonds is 6. The van der Waals surface area contributed by atoms with Gasteiger partial charge in [0.2, 0.25) is 0 Å². The summed E-state index contributed by atoms with van der Waals surface area (Å²) >= 11 is 0. The predicted molar refractivity (Wildman–Crippen MR) is 110 cm³/mol. The molecule has 4 rings (SSSR count). The van der Waals surface area contributed by atoms with Crippen LogP contribution in [0.2, 0.25) is 0 Å². The summed E-state index contributed by atoms with van der Waals surface area (Å²) in [6.07, 6.45) is 0.673. The number of aliphatic hydroxyl groups excluding tert-OH is 2. The van der Waals surface area contributed by atoms with Crippen molar-refractivity contribution in [2.75, 3.05) is 13.2 Å². The van der Waals surface area contributed by atoms with Crippen LogP contribution in [0.3, 0.4) is 0 Å². The molecule has 0 bridgehead atoms. The van der Waals surface area contributed by atoms with E-state index in [9.17, 15) is 10.2 Å². The van der Waals surface area contributed by atoms with Crippen LogP contribution in [0.1, 0.15) is 18.9 Å². The van der Waals surface area contributed by atoms with Crippen LogP contribution < -0.4 is 5.32 Å². The Labute approximate surface area is 160 Å². The molecular formula is C22H24ClNO2. The molecule has 4 heteroatoms. The fraction of sp³-hybridized carbons (Fsp3) is 0.273. The first kappa shape index (κ1) is 18.9. The molecule has 0 aromatic heterocycles. The van der Waals surface area contributed by atoms with E-state index in [0.29, 0.717) is 13.0 Å². The highest BCUT2D eigenvalue weighted by Crippen LogP contribution is 2.47. The molecule has 3 nitrogen and oxygen atoms in total. The lowest BCUT2D eigenvalue weighted by atomic mass is 9.95. The minimum absolute atomic E-state index is 0. The Hall–Kier alpha value is -1.91. The average Bonchev–Trinajstić information content (AvgIpc) is 3.01. The van der Waals surface area contributed by atoms with Gasteiger partial charge in [-0.15, -0.1) is 12.4 Å². The first-order chi connectivity index (χ1) is 12.2. The lowest BCUT2D eigenvalue weighted by Crippen LogP contribution is -2.50. The van der Waals surface area contributed by atoms with Crippen LogP contribution >= 0.6 is 12.4 Å². The minimum Gasteiger partial charge on any atom is -0.394 e. The molecule has 0 unspecified atom stereocenters. The minimum atomic E-state index is -0.633. The zero-order valence-corrected chi connectivity index (χ0v) is 15.6. The predicted octanol–water partition coefficient (Wildman–Crippen LogP) is 4.13. The van der Waals surface area contributed by atoms with E-state index in [-0.39, 0.29) is 25.6 Å². The van der Waals surface area contributed by atoms with Gasteiger partial charge in [-0.3, -0.25) is 0 Å². The van der Waals surface area contributed by atoms with Gasteiger partial charge in [0.05, 0.1) is 18.8 Å². The molecule has 3 aromatic rings. The summed E-state index contributed by atoms with van der Waals surface area (Å²) < 4.78 is 0. The molecule has 0 spiro atoms. The quantitative estimate of drug-likeness (QED) is 0.479. The standard InChI is InChI=1S/C22H23NO2.ClH/c1-2-22(13-24,14-25)23-12-15-10-11-20-18-7-4-3-6-17(18)19-9-5-8-16(15)21(19)20;/h3-11,23-25H,2,12-14H2,1H3;1H. The normalized spacial score (nSPS) is 12.1. The van der Waals surface area contributed by atoms with Crippen molar-refractivity contribution in [3.8, 4) is 22.3 Å². The van der Waals surface area contributed by atoms with E-state index in [1.807, 2.05) is 6.92 Å². The van der Waals surface area contributed by atoms with E-state index in [2.05, 4.69) is 59.9 Å². The van der Waals surface area contributed by atoms with Gasteiger partial charge in [-0.1, -0.05) is 61.5 Å². The maximum atomic E-state index is 9.66. The highest BCUT2D eigenvalue weighted by Gasteiger charge is 2.27. The molecule has 3 N–H and O–H groups in total. The Morgan fingerprint density at radius 2 is 1.42 bits per heavy atom. The van der Waals surface area contributed by atoms with Crippen LogP contribution in [-0.4, -0.2) is 29.0 Å². The number of fused-ring (bicyclic) bond motifs is 3. The Kier molecular flexibility index (Phi) is 5.35. The molecule has 26 heavy (non-hydrogen) atoms. The largest absolute Gasteiger partial charge is 0.394 e. The first-order valence-electron chi connectivity index (χ1n) is 8.84. The Bertz CT molecular complexity index is 897. The molecule has 0 saturated heterocycles. The zero-order valence-electron chi connectivity index (χ0n) is 14.8. The van der Waals surface area contributed by atoms with Crippen LogP contribution in [0.25, 0.3) is 33.0 Å². The summed E-state index contributed by atoms with van der Waals surface area (Å²) in [5.74, 6) is 0. The second kappa shape index (κ2) is 7.37. The second-order valence-electron chi connectivity index (χ2n) is 6.85. The van der Waals surface area contributed by atoms with Crippen molar-refractivity contribution in [1.82, 2.24) is 5.32 Å². The molecule has 0 heterocycles. The molecule has 1 aliphatic carbocycles. The van der Waals surface area contributed by atoms with Gasteiger partial charge < -0.3 is 15.5 Å². The van der Waals surface area contributed by atoms with E-state index in [0.717, 1.165) is 0 Å². The third kappa shape index (κ3) is 2.81. The first-order valence-corrected chi connectivity index (χ1v) is 8.84. The van der Waals surface area contributed by atoms with Crippen LogP contribution in [0.15, 0.2) is 54.6 Å². The SMILES string of the molecule is CCC(CO)(CO)NCc1ccc2c3c(cccc13)-c1ccccc1-2.Cl. The monoisotopic (exact) mass is 369 g/mol. The summed E-state index contributed by atoms with van der Waals surface area (Å²) in [6.45, 7) is 2.44. The van der Waals surface area contributed by atoms with Gasteiger partial charge in [0.1, 0.15) is 0 Å². The summed E-state index contributed by atoms with van der Waals surface area (Å²) in [5.41, 5.74) is 5.72. The fourth-order valence-corrected chi connectivity index (χ4v) is 3.82. The highest BCUT2D eigenvalue weighted by molar-refractivity contribution is 6.15. The number of hydrogen-bond donors (Lipinski definition) is 3. The van der Waals surface area contributed by atoms with Gasteiger partial charge in [-0.05, 0) is 45.0 Å². The number of nitrogens with one attached hydrogen (secondary N) is 1. The number of aliphatic hydroxyl groups is 2. The van der Waals surface area contributed by atoms with E-state index < -0.39 is 5.54 Å². The average molecular weight is 370 g/mol. The van der Waals surface area contributed by atoms with Gasteiger partial charge in [-0.2, -0.15) is 0 Å². The molecular weight excluding hydrogens is 346 g/mol. The molecule has 0 atom stereocenters. The van der Waals surface area contributed by atoms with Gasteiger partial charge in [0, 0.05) is 6.54 Å². The van der Waals surface area contributed by atoms with Crippen LogP contribution in [0.4, 0.5) is 0 Å². The molecule has 0 fully saturated rings. The summed E-state index contributed by atoms with van der Waals surface area (Å²) in [7, 11) is 0. The van der Waals surface area contributed by atoms with Crippen molar-refractivity contribution in [2.24, 2.45) is 0 Å². The molecule has 1 aliphatic rings. The summed E-state index contributed by atoms with van der Waals surface area (Å²) in [4.78, 5) is 0. The van der Waals surface area contributed by atoms with Crippen LogP contribution in [0.5, 0.6) is 0 Å². The van der Waals surface area contributed by atoms with E-state index in [1.165, 1.54) is 38.6 Å². The van der Waals surface area contributed by atoms with Gasteiger partial charge >= 0.3 is 0 Å². The van der Waals surface area contributed by atoms with E-state index in [1.54, 1.807) is 0 Å². The third-order valence-corrected chi connectivity index (χ3v) is 5.57. The smallest absolute Gasteiger partial charge is 0.0648 e. The van der Waals surface area contributed by atoms with Crippen molar-refractivity contribution < 1.29 is 10.2 Å². The van der Waals surface area contributed by atoms with Crippen LogP contribution in [0, 0.1) is 0 Å². The lowest BCUT2D eigenvalue weighted by Gasteiger charge is -2.30. The Morgan fingerprint density at radius 1 is 0.808 bits per heavy atom. The van der Waals surface area contributed by atoms with Crippen LogP contribution in [-0.2, 0) is 6.54 Å². The summed E-state index contributed by atoms with van der Waals surface area (Å²) in [6, 6.07) is 19.4. The number of halogens is 1. The van der Waals surface area contributed by atoms with Crippen molar-refractivity contribution in [1.29, 1.82) is 0 Å². The molecule has 0 saturated carbocycles. The number of benzene rings is 3. The van der Waals surface area contributed by atoms with Gasteiger partial charge in [0.25, 0.3) is 0 Å². The molecule has 0 radical (unpaired) electrons. The van der Waals surface area contributed by atoms with Crippen molar-refractivity contribution >= 4 is 23.2 Å². The maximum absolute atomic E-state index is 9.66. The highest BCUT2D eigenvalue weighted by atomic mass is 35.5. The molecule has 0 aliphatic heterocycles. The third-order valence-electron chi connectivity index (χ3n) is 5.57. The lowest BCUT2D eigenvalue weighted by molar-refractivity contribution is 0.0865. The molecule has 3 aromatic carbocycles. The van der Waals surface area contributed by atoms with Gasteiger partial charge in [-0.25, -0.2) is 0 Å². The van der Waals surface area contributed by atoms with E-state index in [4.69, 9.17) is 0 Å². The van der Waals surface area contributed by atoms with E-state index >= 15 is 0 Å². The number of hydrogen-bond acceptors (Lipinski definition) is 3. The Balaban J connectivity index is 0.00000196. The zero-order chi connectivity index (χ0) is 17.4. The molecule has 0 amide bonds. The molecule has 136 valence electrons. The topological polar surface area (TPSA) is 52.5 Å². The van der Waals surface area contributed by atoms with Crippen molar-refractivity contribution in [3.05, 3.63) is 60.2 Å². The van der Waals surface area contributed by atoms with Crippen molar-refractivity contribution in [2.45, 2.75) is 25.4 Å². The second-order valence-corrected chi connectivity index (χ2v) is 6.85. The van der Waals surface area contributed by atoms with Crippen molar-refractivity contribution in [3.63, 3.8) is 0 Å².